The molecule has 0 aliphatic rings. The van der Waals surface area contributed by atoms with Crippen molar-refractivity contribution in [3.05, 3.63) is 101 Å². The van der Waals surface area contributed by atoms with Gasteiger partial charge in [0.1, 0.15) is 17.6 Å². The molecule has 0 radical (unpaired) electrons. The molecule has 4 aromatic rings. The summed E-state index contributed by atoms with van der Waals surface area (Å²) in [5.41, 5.74) is 8.53. The van der Waals surface area contributed by atoms with Crippen LogP contribution in [-0.4, -0.2) is 37.9 Å². The molecule has 0 spiro atoms. The first kappa shape index (κ1) is 25.6. The third-order valence-electron chi connectivity index (χ3n) is 6.13. The molecule has 0 amide bonds. The zero-order chi connectivity index (χ0) is 26.7. The fraction of sp³-hybridized carbons (Fsp3) is 0.107. The molecule has 0 atom stereocenters. The number of sulfone groups is 1. The molecule has 0 aliphatic carbocycles. The number of carbonyl (C=O) groups is 2. The normalized spacial score (nSPS) is 11.2. The van der Waals surface area contributed by atoms with Gasteiger partial charge in [0, 0.05) is 23.5 Å². The third kappa shape index (κ3) is 4.81. The largest absolute Gasteiger partial charge is 0.497 e. The van der Waals surface area contributed by atoms with Gasteiger partial charge >= 0.3 is 5.97 Å². The number of hydrogen-bond acceptors (Lipinski definition) is 7. The van der Waals surface area contributed by atoms with Gasteiger partial charge in [-0.3, -0.25) is 9.78 Å². The van der Waals surface area contributed by atoms with Crippen molar-refractivity contribution in [3.63, 3.8) is 0 Å². The number of aromatic carboxylic acids is 1. The van der Waals surface area contributed by atoms with E-state index in [0.29, 0.717) is 34.3 Å². The lowest BCUT2D eigenvalue weighted by Gasteiger charge is -2.22. The minimum atomic E-state index is -4.31. The van der Waals surface area contributed by atoms with Crippen LogP contribution < -0.4 is 10.5 Å². The van der Waals surface area contributed by atoms with E-state index in [1.807, 2.05) is 6.07 Å². The number of carboxylic acid groups (broad SMARTS) is 1. The van der Waals surface area contributed by atoms with Gasteiger partial charge in [-0.25, -0.2) is 13.2 Å². The molecule has 3 N–H and O–H groups in total. The van der Waals surface area contributed by atoms with Crippen molar-refractivity contribution >= 4 is 27.8 Å². The number of hydrogen-bond donors (Lipinski definition) is 2. The molecule has 4 rings (SSSR count). The Kier molecular flexibility index (Phi) is 7.08. The van der Waals surface area contributed by atoms with Crippen molar-refractivity contribution in [2.24, 2.45) is 0 Å². The number of aldehydes is 1. The van der Waals surface area contributed by atoms with E-state index in [-0.39, 0.29) is 27.5 Å². The van der Waals surface area contributed by atoms with Crippen LogP contribution in [0.4, 0.5) is 5.69 Å². The van der Waals surface area contributed by atoms with Crippen molar-refractivity contribution in [2.45, 2.75) is 23.1 Å². The van der Waals surface area contributed by atoms with Gasteiger partial charge < -0.3 is 15.6 Å². The fourth-order valence-corrected chi connectivity index (χ4v) is 6.09. The molecule has 0 fully saturated rings. The summed E-state index contributed by atoms with van der Waals surface area (Å²) in [4.78, 5) is 27.6. The zero-order valence-corrected chi connectivity index (χ0v) is 21.0. The minimum absolute atomic E-state index is 0.0960. The van der Waals surface area contributed by atoms with Crippen LogP contribution in [0, 0.1) is 6.92 Å². The van der Waals surface area contributed by atoms with Crippen LogP contribution in [0.15, 0.2) is 82.8 Å². The Bertz CT molecular complexity index is 1600. The molecule has 37 heavy (non-hydrogen) atoms. The predicted molar refractivity (Wildman–Crippen MR) is 139 cm³/mol. The van der Waals surface area contributed by atoms with E-state index < -0.39 is 21.4 Å². The summed E-state index contributed by atoms with van der Waals surface area (Å²) >= 11 is 0. The lowest BCUT2D eigenvalue weighted by molar-refractivity contribution is 0.0693. The van der Waals surface area contributed by atoms with E-state index in [0.717, 1.165) is 5.56 Å². The number of nitrogens with two attached hydrogens (primary N) is 1. The highest BCUT2D eigenvalue weighted by molar-refractivity contribution is 7.91. The lowest BCUT2D eigenvalue weighted by Crippen LogP contribution is -2.17. The average Bonchev–Trinajstić information content (AvgIpc) is 2.90. The second-order valence-electron chi connectivity index (χ2n) is 8.36. The summed E-state index contributed by atoms with van der Waals surface area (Å²) in [6.07, 6.45) is 4.17. The number of aromatic nitrogens is 1. The number of benzene rings is 3. The van der Waals surface area contributed by atoms with Crippen LogP contribution in [-0.2, 0) is 16.3 Å². The smallest absolute Gasteiger partial charge is 0.339 e. The number of carbonyl (C=O) groups excluding carboxylic acids is 1. The van der Waals surface area contributed by atoms with Gasteiger partial charge in [0.25, 0.3) is 0 Å². The van der Waals surface area contributed by atoms with Crippen LogP contribution in [0.5, 0.6) is 5.75 Å². The number of anilines is 1. The van der Waals surface area contributed by atoms with Gasteiger partial charge in [0.2, 0.25) is 9.84 Å². The maximum Gasteiger partial charge on any atom is 0.339 e. The molecule has 1 heterocycles. The Morgan fingerprint density at radius 1 is 1.11 bits per heavy atom. The highest BCUT2D eigenvalue weighted by Gasteiger charge is 2.33. The average molecular weight is 517 g/mol. The molecule has 0 aliphatic heterocycles. The third-order valence-corrected chi connectivity index (χ3v) is 8.07. The molecular weight excluding hydrogens is 492 g/mol. The second-order valence-corrected chi connectivity index (χ2v) is 10.2. The standard InChI is InChI=1S/C28H24N2O6S/c1-17-23(14-18-6-4-12-30-15-18)24(20-7-3-5-19(13-20)16-31)26(29)25(28(32)33)27(17)37(34,35)22-10-8-21(36-2)9-11-22/h3-13,15-16H,14,29H2,1-2H3,(H,32,33). The number of pyridine rings is 1. The first-order valence-electron chi connectivity index (χ1n) is 11.2. The lowest BCUT2D eigenvalue weighted by atomic mass is 9.87. The van der Waals surface area contributed by atoms with E-state index >= 15 is 0 Å². The summed E-state index contributed by atoms with van der Waals surface area (Å²) in [5, 5.41) is 10.2. The van der Waals surface area contributed by atoms with Crippen LogP contribution in [0.2, 0.25) is 0 Å². The van der Waals surface area contributed by atoms with Crippen LogP contribution in [0.25, 0.3) is 11.1 Å². The van der Waals surface area contributed by atoms with E-state index in [9.17, 15) is 23.1 Å². The predicted octanol–water partition coefficient (Wildman–Crippen LogP) is 4.58. The van der Waals surface area contributed by atoms with E-state index in [1.165, 1.54) is 31.4 Å². The Hall–Kier alpha value is -4.50. The van der Waals surface area contributed by atoms with Crippen molar-refractivity contribution in [3.8, 4) is 16.9 Å². The first-order chi connectivity index (χ1) is 17.7. The number of ether oxygens (including phenoxy) is 1. The van der Waals surface area contributed by atoms with Gasteiger partial charge in [-0.15, -0.1) is 0 Å². The molecule has 3 aromatic carbocycles. The molecule has 188 valence electrons. The molecule has 0 unspecified atom stereocenters. The van der Waals surface area contributed by atoms with Gasteiger partial charge in [0.05, 0.1) is 22.6 Å². The van der Waals surface area contributed by atoms with E-state index in [2.05, 4.69) is 4.98 Å². The van der Waals surface area contributed by atoms with Crippen LogP contribution in [0.1, 0.15) is 37.4 Å². The summed E-state index contributed by atoms with van der Waals surface area (Å²) in [5.74, 6) is -1.02. The van der Waals surface area contributed by atoms with Crippen LogP contribution >= 0.6 is 0 Å². The highest BCUT2D eigenvalue weighted by Crippen LogP contribution is 2.42. The van der Waals surface area contributed by atoms with Crippen LogP contribution in [0.3, 0.4) is 0 Å². The number of nitrogens with zero attached hydrogens (tertiary/aromatic N) is 1. The van der Waals surface area contributed by atoms with Crippen molar-refractivity contribution in [2.75, 3.05) is 12.8 Å². The van der Waals surface area contributed by atoms with E-state index in [4.69, 9.17) is 10.5 Å². The quantitative estimate of drug-likeness (QED) is 0.256. The minimum Gasteiger partial charge on any atom is -0.497 e. The highest BCUT2D eigenvalue weighted by atomic mass is 32.2. The molecule has 8 nitrogen and oxygen atoms in total. The van der Waals surface area contributed by atoms with Crippen molar-refractivity contribution < 1.29 is 27.9 Å². The van der Waals surface area contributed by atoms with E-state index in [1.54, 1.807) is 49.6 Å². The van der Waals surface area contributed by atoms with Gasteiger partial charge in [-0.05, 0) is 72.0 Å². The summed E-state index contributed by atoms with van der Waals surface area (Å²) in [6, 6.07) is 15.8. The Morgan fingerprint density at radius 2 is 1.84 bits per heavy atom. The number of methoxy groups -OCH3 is 1. The molecule has 0 bridgehead atoms. The van der Waals surface area contributed by atoms with Gasteiger partial charge in [-0.1, -0.05) is 24.3 Å². The first-order valence-corrected chi connectivity index (χ1v) is 12.7. The topological polar surface area (TPSA) is 137 Å². The molecule has 9 heteroatoms. The second kappa shape index (κ2) is 10.2. The fourth-order valence-electron chi connectivity index (χ4n) is 4.37. The van der Waals surface area contributed by atoms with Gasteiger partial charge in [0.15, 0.2) is 0 Å². The molecule has 1 aromatic heterocycles. The summed E-state index contributed by atoms with van der Waals surface area (Å²) in [6.45, 7) is 1.57. The van der Waals surface area contributed by atoms with Gasteiger partial charge in [-0.2, -0.15) is 0 Å². The Balaban J connectivity index is 2.10. The Morgan fingerprint density at radius 3 is 2.43 bits per heavy atom. The van der Waals surface area contributed by atoms with Crippen molar-refractivity contribution in [1.82, 2.24) is 4.98 Å². The molecule has 0 saturated heterocycles. The summed E-state index contributed by atoms with van der Waals surface area (Å²) < 4.78 is 32.9. The van der Waals surface area contributed by atoms with Crippen molar-refractivity contribution in [1.29, 1.82) is 0 Å². The number of carboxylic acids is 1. The molecular formula is C28H24N2O6S. The SMILES string of the molecule is COc1ccc(S(=O)(=O)c2c(C)c(Cc3cccnc3)c(-c3cccc(C=O)c3)c(N)c2C(=O)O)cc1. The number of nitrogen functional groups attached to an aromatic ring is 1. The summed E-state index contributed by atoms with van der Waals surface area (Å²) in [7, 11) is -2.85. The number of rotatable bonds is 8. The maximum absolute atomic E-state index is 13.9. The monoisotopic (exact) mass is 516 g/mol. The molecule has 0 saturated carbocycles. The Labute approximate surface area is 214 Å². The zero-order valence-electron chi connectivity index (χ0n) is 20.1. The maximum atomic E-state index is 13.9.